The molecule has 6 heteroatoms. The van der Waals surface area contributed by atoms with Crippen molar-refractivity contribution in [3.63, 3.8) is 0 Å². The standard InChI is InChI=1S/C12H19N3O2S/c1-2-7-13-12-6-5-11(9-14-12)18(16,17)15-8-10-3-4-10/h5-6,9-10,15H,2-4,7-8H2,1H3,(H,13,14). The van der Waals surface area contributed by atoms with Crippen molar-refractivity contribution in [1.29, 1.82) is 0 Å². The maximum absolute atomic E-state index is 11.9. The van der Waals surface area contributed by atoms with Crippen LogP contribution in [0.1, 0.15) is 26.2 Å². The quantitative estimate of drug-likeness (QED) is 0.788. The fraction of sp³-hybridized carbons (Fsp3) is 0.583. The Balaban J connectivity index is 1.98. The summed E-state index contributed by atoms with van der Waals surface area (Å²) in [6, 6.07) is 3.28. The summed E-state index contributed by atoms with van der Waals surface area (Å²) in [4.78, 5) is 4.32. The van der Waals surface area contributed by atoms with E-state index in [2.05, 4.69) is 21.9 Å². The minimum absolute atomic E-state index is 0.227. The normalized spacial score (nSPS) is 15.6. The van der Waals surface area contributed by atoms with Gasteiger partial charge in [-0.3, -0.25) is 0 Å². The van der Waals surface area contributed by atoms with Crippen LogP contribution in [-0.4, -0.2) is 26.5 Å². The van der Waals surface area contributed by atoms with E-state index < -0.39 is 10.0 Å². The predicted octanol–water partition coefficient (Wildman–Crippen LogP) is 1.59. The van der Waals surface area contributed by atoms with E-state index in [1.807, 2.05) is 0 Å². The molecule has 0 saturated heterocycles. The molecule has 1 aliphatic carbocycles. The van der Waals surface area contributed by atoms with Gasteiger partial charge in [-0.05, 0) is 37.3 Å². The van der Waals surface area contributed by atoms with Crippen molar-refractivity contribution in [3.8, 4) is 0 Å². The summed E-state index contributed by atoms with van der Waals surface area (Å²) in [5.74, 6) is 1.23. The van der Waals surface area contributed by atoms with Gasteiger partial charge >= 0.3 is 0 Å². The molecule has 1 fully saturated rings. The zero-order valence-corrected chi connectivity index (χ0v) is 11.3. The van der Waals surface area contributed by atoms with E-state index in [4.69, 9.17) is 0 Å². The molecular weight excluding hydrogens is 250 g/mol. The van der Waals surface area contributed by atoms with Crippen LogP contribution < -0.4 is 10.0 Å². The van der Waals surface area contributed by atoms with Crippen molar-refractivity contribution in [3.05, 3.63) is 18.3 Å². The summed E-state index contributed by atoms with van der Waals surface area (Å²) in [5, 5.41) is 3.11. The molecule has 2 rings (SSSR count). The maximum atomic E-state index is 11.9. The molecule has 1 saturated carbocycles. The lowest BCUT2D eigenvalue weighted by atomic mass is 10.4. The second kappa shape index (κ2) is 5.67. The number of aromatic nitrogens is 1. The Morgan fingerprint density at radius 2 is 2.17 bits per heavy atom. The van der Waals surface area contributed by atoms with E-state index >= 15 is 0 Å². The molecule has 0 amide bonds. The zero-order valence-electron chi connectivity index (χ0n) is 10.5. The largest absolute Gasteiger partial charge is 0.370 e. The van der Waals surface area contributed by atoms with Gasteiger partial charge < -0.3 is 5.32 Å². The van der Waals surface area contributed by atoms with Gasteiger partial charge in [0.1, 0.15) is 10.7 Å². The Morgan fingerprint density at radius 3 is 2.72 bits per heavy atom. The molecule has 0 radical (unpaired) electrons. The SMILES string of the molecule is CCCNc1ccc(S(=O)(=O)NCC2CC2)cn1. The van der Waals surface area contributed by atoms with Crippen LogP contribution in [0.2, 0.25) is 0 Å². The summed E-state index contributed by atoms with van der Waals surface area (Å²) in [6.07, 6.45) is 4.65. The summed E-state index contributed by atoms with van der Waals surface area (Å²) in [7, 11) is -3.39. The molecule has 2 N–H and O–H groups in total. The highest BCUT2D eigenvalue weighted by Crippen LogP contribution is 2.28. The first-order valence-electron chi connectivity index (χ1n) is 6.31. The van der Waals surface area contributed by atoms with Gasteiger partial charge in [0.05, 0.1) is 0 Å². The minimum Gasteiger partial charge on any atom is -0.370 e. The van der Waals surface area contributed by atoms with Crippen molar-refractivity contribution >= 4 is 15.8 Å². The fourth-order valence-corrected chi connectivity index (χ4v) is 2.59. The molecule has 0 bridgehead atoms. The molecule has 18 heavy (non-hydrogen) atoms. The molecule has 1 aromatic heterocycles. The number of sulfonamides is 1. The van der Waals surface area contributed by atoms with E-state index in [0.29, 0.717) is 18.3 Å². The van der Waals surface area contributed by atoms with E-state index in [1.165, 1.54) is 6.20 Å². The second-order valence-corrected chi connectivity index (χ2v) is 6.37. The van der Waals surface area contributed by atoms with Crippen LogP contribution in [0.25, 0.3) is 0 Å². The molecule has 0 spiro atoms. The van der Waals surface area contributed by atoms with Crippen molar-refractivity contribution < 1.29 is 8.42 Å². The molecule has 1 aliphatic rings. The molecule has 0 aromatic carbocycles. The lowest BCUT2D eigenvalue weighted by molar-refractivity contribution is 0.577. The highest BCUT2D eigenvalue weighted by molar-refractivity contribution is 7.89. The van der Waals surface area contributed by atoms with Gasteiger partial charge in [-0.15, -0.1) is 0 Å². The Morgan fingerprint density at radius 1 is 1.39 bits per heavy atom. The Labute approximate surface area is 108 Å². The molecular formula is C12H19N3O2S. The van der Waals surface area contributed by atoms with Gasteiger partial charge in [-0.2, -0.15) is 0 Å². The third-order valence-electron chi connectivity index (χ3n) is 2.86. The highest BCUT2D eigenvalue weighted by atomic mass is 32.2. The molecule has 0 unspecified atom stereocenters. The van der Waals surface area contributed by atoms with Crippen molar-refractivity contribution in [2.24, 2.45) is 5.92 Å². The van der Waals surface area contributed by atoms with Gasteiger partial charge in [0.25, 0.3) is 0 Å². The Kier molecular flexibility index (Phi) is 4.19. The molecule has 100 valence electrons. The Hall–Kier alpha value is -1.14. The molecule has 0 atom stereocenters. The predicted molar refractivity (Wildman–Crippen MR) is 70.9 cm³/mol. The van der Waals surface area contributed by atoms with Gasteiger partial charge in [-0.25, -0.2) is 18.1 Å². The molecule has 5 nitrogen and oxygen atoms in total. The second-order valence-electron chi connectivity index (χ2n) is 4.60. The van der Waals surface area contributed by atoms with Crippen LogP contribution >= 0.6 is 0 Å². The first-order chi connectivity index (χ1) is 8.62. The lowest BCUT2D eigenvalue weighted by Crippen LogP contribution is -2.26. The Bertz CT molecular complexity index is 481. The van der Waals surface area contributed by atoms with Crippen molar-refractivity contribution in [2.45, 2.75) is 31.1 Å². The van der Waals surface area contributed by atoms with Crippen molar-refractivity contribution in [1.82, 2.24) is 9.71 Å². The van der Waals surface area contributed by atoms with E-state index in [1.54, 1.807) is 12.1 Å². The first-order valence-corrected chi connectivity index (χ1v) is 7.79. The highest BCUT2D eigenvalue weighted by Gasteiger charge is 2.24. The average Bonchev–Trinajstić information content (AvgIpc) is 3.19. The fourth-order valence-electron chi connectivity index (χ4n) is 1.53. The smallest absolute Gasteiger partial charge is 0.242 e. The maximum Gasteiger partial charge on any atom is 0.242 e. The molecule has 1 aromatic rings. The van der Waals surface area contributed by atoms with Gasteiger partial charge in [-0.1, -0.05) is 6.92 Å². The van der Waals surface area contributed by atoms with Gasteiger partial charge in [0, 0.05) is 19.3 Å². The molecule has 0 aliphatic heterocycles. The topological polar surface area (TPSA) is 71.1 Å². The van der Waals surface area contributed by atoms with E-state index in [9.17, 15) is 8.42 Å². The summed E-state index contributed by atoms with van der Waals surface area (Å²) < 4.78 is 26.4. The van der Waals surface area contributed by atoms with Crippen LogP contribution in [0.15, 0.2) is 23.2 Å². The third kappa shape index (κ3) is 3.68. The van der Waals surface area contributed by atoms with Crippen LogP contribution in [0.5, 0.6) is 0 Å². The molecule has 1 heterocycles. The van der Waals surface area contributed by atoms with E-state index in [0.717, 1.165) is 25.8 Å². The zero-order chi connectivity index (χ0) is 13.0. The number of anilines is 1. The lowest BCUT2D eigenvalue weighted by Gasteiger charge is -2.07. The van der Waals surface area contributed by atoms with Gasteiger partial charge in [0.2, 0.25) is 10.0 Å². The summed E-state index contributed by atoms with van der Waals surface area (Å²) in [6.45, 7) is 3.44. The van der Waals surface area contributed by atoms with Crippen molar-refractivity contribution in [2.75, 3.05) is 18.4 Å². The van der Waals surface area contributed by atoms with Gasteiger partial charge in [0.15, 0.2) is 0 Å². The number of rotatable bonds is 7. The third-order valence-corrected chi connectivity index (χ3v) is 4.27. The number of hydrogen-bond donors (Lipinski definition) is 2. The number of pyridine rings is 1. The average molecular weight is 269 g/mol. The van der Waals surface area contributed by atoms with Crippen LogP contribution in [0.3, 0.4) is 0 Å². The van der Waals surface area contributed by atoms with E-state index in [-0.39, 0.29) is 4.90 Å². The van der Waals surface area contributed by atoms with Crippen LogP contribution in [0.4, 0.5) is 5.82 Å². The minimum atomic E-state index is -3.39. The van der Waals surface area contributed by atoms with Crippen LogP contribution in [0, 0.1) is 5.92 Å². The summed E-state index contributed by atoms with van der Waals surface area (Å²) >= 11 is 0. The van der Waals surface area contributed by atoms with Crippen LogP contribution in [-0.2, 0) is 10.0 Å². The first kappa shape index (κ1) is 13.3. The number of hydrogen-bond acceptors (Lipinski definition) is 4. The number of nitrogens with one attached hydrogen (secondary N) is 2. The monoisotopic (exact) mass is 269 g/mol. The summed E-state index contributed by atoms with van der Waals surface area (Å²) in [5.41, 5.74) is 0. The number of nitrogens with zero attached hydrogens (tertiary/aromatic N) is 1.